The van der Waals surface area contributed by atoms with Crippen molar-refractivity contribution in [3.05, 3.63) is 33.4 Å². The van der Waals surface area contributed by atoms with Gasteiger partial charge >= 0.3 is 5.97 Å². The highest BCUT2D eigenvalue weighted by Gasteiger charge is 2.27. The van der Waals surface area contributed by atoms with Gasteiger partial charge in [0.05, 0.1) is 17.7 Å². The van der Waals surface area contributed by atoms with Crippen LogP contribution < -0.4 is 5.56 Å². The number of ether oxygens (including phenoxy) is 1. The van der Waals surface area contributed by atoms with Crippen molar-refractivity contribution in [3.8, 4) is 11.8 Å². The van der Waals surface area contributed by atoms with Crippen molar-refractivity contribution in [2.45, 2.75) is 51.6 Å². The average molecular weight is 356 g/mol. The quantitative estimate of drug-likeness (QED) is 0.639. The van der Waals surface area contributed by atoms with Gasteiger partial charge in [-0.05, 0) is 39.5 Å². The van der Waals surface area contributed by atoms with E-state index >= 15 is 0 Å². The second-order valence-electron chi connectivity index (χ2n) is 6.90. The van der Waals surface area contributed by atoms with Crippen LogP contribution in [0.5, 0.6) is 0 Å². The number of hydrogen-bond donors (Lipinski definition) is 2. The van der Waals surface area contributed by atoms with Crippen molar-refractivity contribution in [1.29, 1.82) is 0 Å². The third-order valence-corrected chi connectivity index (χ3v) is 4.90. The summed E-state index contributed by atoms with van der Waals surface area (Å²) in [6, 6.07) is 0. The van der Waals surface area contributed by atoms with Crippen LogP contribution in [0.15, 0.2) is 11.0 Å². The van der Waals surface area contributed by atoms with Crippen molar-refractivity contribution in [3.63, 3.8) is 0 Å². The summed E-state index contributed by atoms with van der Waals surface area (Å²) in [5.74, 6) is 5.53. The van der Waals surface area contributed by atoms with E-state index in [4.69, 9.17) is 4.74 Å². The molecule has 0 unspecified atom stereocenters. The van der Waals surface area contributed by atoms with Gasteiger partial charge in [0, 0.05) is 24.3 Å². The number of pyridine rings is 1. The molecule has 6 nitrogen and oxygen atoms in total. The van der Waals surface area contributed by atoms with Crippen molar-refractivity contribution in [2.75, 3.05) is 6.61 Å². The third-order valence-electron chi connectivity index (χ3n) is 4.90. The molecule has 2 aromatic heterocycles. The highest BCUT2D eigenvalue weighted by Crippen LogP contribution is 2.28. The number of hydrogen-bond acceptors (Lipinski definition) is 4. The standard InChI is InChI=1S/C20H24N2O4/c1-4-26-19(24)15-13(2)21-17-16(15)14(12-22(3)18(17)23)8-11-20(25)9-6-5-7-10-20/h12,21,25H,4-7,9-10H2,1-3H3. The van der Waals surface area contributed by atoms with E-state index in [0.29, 0.717) is 40.6 Å². The second kappa shape index (κ2) is 7.00. The van der Waals surface area contributed by atoms with Gasteiger partial charge in [0.2, 0.25) is 0 Å². The number of carbonyl (C=O) groups excluding carboxylic acids is 1. The lowest BCUT2D eigenvalue weighted by molar-refractivity contribution is 0.0527. The zero-order chi connectivity index (χ0) is 18.9. The Bertz CT molecular complexity index is 966. The van der Waals surface area contributed by atoms with E-state index in [0.717, 1.165) is 19.3 Å². The molecule has 0 radical (unpaired) electrons. The molecule has 0 aromatic carbocycles. The summed E-state index contributed by atoms with van der Waals surface area (Å²) < 4.78 is 6.58. The largest absolute Gasteiger partial charge is 0.462 e. The van der Waals surface area contributed by atoms with Gasteiger partial charge in [0.1, 0.15) is 11.1 Å². The van der Waals surface area contributed by atoms with Gasteiger partial charge < -0.3 is 19.4 Å². The van der Waals surface area contributed by atoms with Crippen molar-refractivity contribution in [2.24, 2.45) is 7.05 Å². The van der Waals surface area contributed by atoms with Crippen LogP contribution in [0.25, 0.3) is 10.9 Å². The number of aryl methyl sites for hydroxylation is 2. The Morgan fingerprint density at radius 2 is 2.08 bits per heavy atom. The molecule has 2 heterocycles. The molecule has 3 rings (SSSR count). The Morgan fingerprint density at radius 1 is 1.38 bits per heavy atom. The maximum Gasteiger partial charge on any atom is 0.340 e. The predicted molar refractivity (Wildman–Crippen MR) is 99.1 cm³/mol. The van der Waals surface area contributed by atoms with Crippen molar-refractivity contribution in [1.82, 2.24) is 9.55 Å². The number of nitrogens with one attached hydrogen (secondary N) is 1. The minimum absolute atomic E-state index is 0.236. The lowest BCUT2D eigenvalue weighted by Crippen LogP contribution is -2.29. The Labute approximate surface area is 152 Å². The molecule has 1 saturated carbocycles. The van der Waals surface area contributed by atoms with Crippen LogP contribution in [-0.2, 0) is 11.8 Å². The lowest BCUT2D eigenvalue weighted by atomic mass is 9.85. The summed E-state index contributed by atoms with van der Waals surface area (Å²) in [6.07, 6.45) is 5.91. The number of carbonyl (C=O) groups is 1. The van der Waals surface area contributed by atoms with Crippen LogP contribution in [0.3, 0.4) is 0 Å². The Kier molecular flexibility index (Phi) is 4.92. The highest BCUT2D eigenvalue weighted by molar-refractivity contribution is 6.07. The number of H-pyrrole nitrogens is 1. The normalized spacial score (nSPS) is 16.2. The summed E-state index contributed by atoms with van der Waals surface area (Å²) in [5, 5.41) is 11.1. The molecule has 0 aliphatic heterocycles. The topological polar surface area (TPSA) is 84.3 Å². The van der Waals surface area contributed by atoms with Crippen molar-refractivity contribution < 1.29 is 14.6 Å². The van der Waals surface area contributed by atoms with Crippen LogP contribution in [0.4, 0.5) is 0 Å². The molecule has 0 amide bonds. The van der Waals surface area contributed by atoms with Gasteiger partial charge in [-0.2, -0.15) is 0 Å². The number of esters is 1. The highest BCUT2D eigenvalue weighted by atomic mass is 16.5. The Balaban J connectivity index is 2.20. The smallest absolute Gasteiger partial charge is 0.340 e. The summed E-state index contributed by atoms with van der Waals surface area (Å²) in [7, 11) is 1.64. The van der Waals surface area contributed by atoms with Gasteiger partial charge in [-0.3, -0.25) is 4.79 Å². The Hall–Kier alpha value is -2.52. The molecule has 2 N–H and O–H groups in total. The minimum atomic E-state index is -1.01. The fourth-order valence-corrected chi connectivity index (χ4v) is 3.55. The maximum atomic E-state index is 12.5. The number of fused-ring (bicyclic) bond motifs is 1. The zero-order valence-electron chi connectivity index (χ0n) is 15.4. The van der Waals surface area contributed by atoms with Gasteiger partial charge in [-0.15, -0.1) is 0 Å². The molecule has 138 valence electrons. The number of nitrogens with zero attached hydrogens (tertiary/aromatic N) is 1. The molecular weight excluding hydrogens is 332 g/mol. The third kappa shape index (κ3) is 3.27. The first kappa shape index (κ1) is 18.3. The number of aromatic amines is 1. The van der Waals surface area contributed by atoms with E-state index in [9.17, 15) is 14.7 Å². The van der Waals surface area contributed by atoms with E-state index in [-0.39, 0.29) is 12.2 Å². The monoisotopic (exact) mass is 356 g/mol. The van der Waals surface area contributed by atoms with E-state index in [2.05, 4.69) is 16.8 Å². The molecule has 26 heavy (non-hydrogen) atoms. The molecule has 1 aliphatic carbocycles. The predicted octanol–water partition coefficient (Wildman–Crippen LogP) is 2.40. The number of aromatic nitrogens is 2. The van der Waals surface area contributed by atoms with Crippen molar-refractivity contribution >= 4 is 16.9 Å². The van der Waals surface area contributed by atoms with Gasteiger partial charge in [-0.25, -0.2) is 4.79 Å². The average Bonchev–Trinajstić information content (AvgIpc) is 2.95. The van der Waals surface area contributed by atoms with Gasteiger partial charge in [0.25, 0.3) is 5.56 Å². The zero-order valence-corrected chi connectivity index (χ0v) is 15.4. The van der Waals surface area contributed by atoms with Crippen LogP contribution in [0, 0.1) is 18.8 Å². The Morgan fingerprint density at radius 3 is 2.73 bits per heavy atom. The molecule has 1 fully saturated rings. The second-order valence-corrected chi connectivity index (χ2v) is 6.90. The first-order valence-electron chi connectivity index (χ1n) is 9.01. The molecule has 6 heteroatoms. The van der Waals surface area contributed by atoms with Gasteiger partial charge in [0.15, 0.2) is 0 Å². The van der Waals surface area contributed by atoms with Crippen LogP contribution in [0.2, 0.25) is 0 Å². The summed E-state index contributed by atoms with van der Waals surface area (Å²) >= 11 is 0. The molecule has 0 bridgehead atoms. The van der Waals surface area contributed by atoms with E-state index in [1.165, 1.54) is 4.57 Å². The lowest BCUT2D eigenvalue weighted by Gasteiger charge is -2.26. The van der Waals surface area contributed by atoms with Crippen LogP contribution in [-0.4, -0.2) is 32.8 Å². The van der Waals surface area contributed by atoms with Crippen LogP contribution in [0.1, 0.15) is 60.6 Å². The molecule has 0 atom stereocenters. The van der Waals surface area contributed by atoms with Gasteiger partial charge in [-0.1, -0.05) is 18.3 Å². The van der Waals surface area contributed by atoms with E-state index < -0.39 is 11.6 Å². The first-order valence-corrected chi connectivity index (χ1v) is 9.01. The SMILES string of the molecule is CCOC(=O)c1c(C)[nH]c2c(=O)n(C)cc(C#CC3(O)CCCCC3)c12. The number of rotatable bonds is 2. The maximum absolute atomic E-state index is 12.5. The molecule has 0 saturated heterocycles. The van der Waals surface area contributed by atoms with Crippen LogP contribution >= 0.6 is 0 Å². The molecular formula is C20H24N2O4. The molecule has 2 aromatic rings. The first-order chi connectivity index (χ1) is 12.4. The van der Waals surface area contributed by atoms with E-state index in [1.54, 1.807) is 27.1 Å². The van der Waals surface area contributed by atoms with E-state index in [1.807, 2.05) is 0 Å². The molecule has 0 spiro atoms. The fourth-order valence-electron chi connectivity index (χ4n) is 3.55. The molecule has 1 aliphatic rings. The summed E-state index contributed by atoms with van der Waals surface area (Å²) in [5.41, 5.74) is 0.527. The summed E-state index contributed by atoms with van der Waals surface area (Å²) in [6.45, 7) is 3.72. The summed E-state index contributed by atoms with van der Waals surface area (Å²) in [4.78, 5) is 27.9. The number of aliphatic hydroxyl groups is 1. The minimum Gasteiger partial charge on any atom is -0.462 e. The fraction of sp³-hybridized carbons (Fsp3) is 0.500.